The third-order valence-corrected chi connectivity index (χ3v) is 4.46. The van der Waals surface area contributed by atoms with Gasteiger partial charge in [-0.25, -0.2) is 0 Å². The van der Waals surface area contributed by atoms with E-state index >= 15 is 0 Å². The lowest BCUT2D eigenvalue weighted by molar-refractivity contribution is -0.115. The van der Waals surface area contributed by atoms with Gasteiger partial charge >= 0.3 is 0 Å². The Bertz CT molecular complexity index is 708. The Kier molecular flexibility index (Phi) is 4.05. The maximum absolute atomic E-state index is 12.0. The van der Waals surface area contributed by atoms with Gasteiger partial charge in [0.2, 0.25) is 0 Å². The quantitative estimate of drug-likeness (QED) is 0.686. The molecule has 1 amide bonds. The highest BCUT2D eigenvalue weighted by Gasteiger charge is 2.30. The molecule has 0 bridgehead atoms. The fourth-order valence-corrected chi connectivity index (χ4v) is 3.07. The summed E-state index contributed by atoms with van der Waals surface area (Å²) in [6.07, 6.45) is 1.86. The van der Waals surface area contributed by atoms with Gasteiger partial charge in [0.15, 0.2) is 5.11 Å². The van der Waals surface area contributed by atoms with Crippen molar-refractivity contribution < 1.29 is 4.79 Å². The zero-order valence-corrected chi connectivity index (χ0v) is 13.3. The van der Waals surface area contributed by atoms with Crippen LogP contribution >= 0.6 is 35.2 Å². The molecule has 1 aliphatic rings. The molecule has 1 N–H and O–H groups in total. The highest BCUT2D eigenvalue weighted by Crippen LogP contribution is 2.22. The van der Waals surface area contributed by atoms with E-state index in [1.54, 1.807) is 16.2 Å². The lowest BCUT2D eigenvalue weighted by atomic mass is 10.2. The third kappa shape index (κ3) is 3.15. The van der Waals surface area contributed by atoms with Crippen molar-refractivity contribution in [2.75, 3.05) is 0 Å². The minimum absolute atomic E-state index is 0.164. The number of thiocarbonyl (C=S) groups is 1. The fourth-order valence-electron chi connectivity index (χ4n) is 2.04. The first-order valence-electron chi connectivity index (χ1n) is 6.26. The summed E-state index contributed by atoms with van der Waals surface area (Å²) in [6.45, 7) is 0.534. The van der Waals surface area contributed by atoms with Gasteiger partial charge in [-0.2, -0.15) is 0 Å². The van der Waals surface area contributed by atoms with Crippen LogP contribution in [0.4, 0.5) is 0 Å². The van der Waals surface area contributed by atoms with Crippen molar-refractivity contribution in [1.82, 2.24) is 10.2 Å². The van der Waals surface area contributed by atoms with E-state index in [-0.39, 0.29) is 5.91 Å². The van der Waals surface area contributed by atoms with E-state index in [0.717, 1.165) is 10.4 Å². The highest BCUT2D eigenvalue weighted by molar-refractivity contribution is 7.80. The number of nitrogens with one attached hydrogen (secondary N) is 1. The first kappa shape index (κ1) is 14.3. The summed E-state index contributed by atoms with van der Waals surface area (Å²) in [7, 11) is 0. The van der Waals surface area contributed by atoms with Gasteiger partial charge in [0.05, 0.1) is 6.54 Å². The molecule has 1 fully saturated rings. The van der Waals surface area contributed by atoms with E-state index in [4.69, 9.17) is 23.8 Å². The molecule has 21 heavy (non-hydrogen) atoms. The number of nitrogens with zero attached hydrogens (tertiary/aromatic N) is 1. The zero-order valence-electron chi connectivity index (χ0n) is 10.9. The van der Waals surface area contributed by atoms with Crippen molar-refractivity contribution in [3.8, 4) is 0 Å². The number of carbonyl (C=O) groups is 1. The molecule has 2 aromatic rings. The predicted octanol–water partition coefficient (Wildman–Crippen LogP) is 3.66. The predicted molar refractivity (Wildman–Crippen MR) is 90.0 cm³/mol. The Morgan fingerprint density at radius 2 is 2.05 bits per heavy atom. The van der Waals surface area contributed by atoms with Crippen molar-refractivity contribution in [1.29, 1.82) is 0 Å². The number of rotatable bonds is 3. The normalized spacial score (nSPS) is 16.6. The fraction of sp³-hybridized carbons (Fsp3) is 0.0667. The standard InChI is InChI=1S/C15H11ClN2OS2/c16-11-5-3-10(4-6-11)9-18-13(14(19)17-15(18)20)8-12-2-1-7-21-12/h1-8H,9H2,(H,17,19,20)/b13-8+. The van der Waals surface area contributed by atoms with Gasteiger partial charge in [-0.1, -0.05) is 29.8 Å². The first-order valence-corrected chi connectivity index (χ1v) is 7.92. The maximum atomic E-state index is 12.0. The Morgan fingerprint density at radius 3 is 2.71 bits per heavy atom. The summed E-state index contributed by atoms with van der Waals surface area (Å²) in [5.41, 5.74) is 1.60. The average molecular weight is 335 g/mol. The van der Waals surface area contributed by atoms with E-state index in [0.29, 0.717) is 22.4 Å². The van der Waals surface area contributed by atoms with Crippen LogP contribution in [0.1, 0.15) is 10.4 Å². The summed E-state index contributed by atoms with van der Waals surface area (Å²) in [5, 5.41) is 5.78. The van der Waals surface area contributed by atoms with Crippen LogP contribution in [0.15, 0.2) is 47.5 Å². The van der Waals surface area contributed by atoms with Gasteiger partial charge in [-0.15, -0.1) is 11.3 Å². The number of hydrogen-bond donors (Lipinski definition) is 1. The number of thiophene rings is 1. The van der Waals surface area contributed by atoms with Crippen LogP contribution in [-0.4, -0.2) is 15.9 Å². The highest BCUT2D eigenvalue weighted by atomic mass is 35.5. The molecule has 0 saturated carbocycles. The minimum Gasteiger partial charge on any atom is -0.309 e. The Balaban J connectivity index is 1.89. The molecule has 3 rings (SSSR count). The van der Waals surface area contributed by atoms with Crippen molar-refractivity contribution in [3.63, 3.8) is 0 Å². The molecule has 6 heteroatoms. The molecular formula is C15H11ClN2OS2. The summed E-state index contributed by atoms with van der Waals surface area (Å²) in [6, 6.07) is 11.4. The summed E-state index contributed by atoms with van der Waals surface area (Å²) >= 11 is 12.7. The van der Waals surface area contributed by atoms with E-state index in [1.165, 1.54) is 0 Å². The molecule has 0 atom stereocenters. The number of carbonyl (C=O) groups excluding carboxylic acids is 1. The Morgan fingerprint density at radius 1 is 1.29 bits per heavy atom. The number of halogens is 1. The van der Waals surface area contributed by atoms with Crippen LogP contribution in [0.5, 0.6) is 0 Å². The molecule has 1 aromatic carbocycles. The minimum atomic E-state index is -0.164. The number of benzene rings is 1. The molecule has 0 aliphatic carbocycles. The molecule has 1 aromatic heterocycles. The summed E-state index contributed by atoms with van der Waals surface area (Å²) < 4.78 is 0. The van der Waals surface area contributed by atoms with Gasteiger partial charge in [-0.05, 0) is 47.4 Å². The molecule has 0 radical (unpaired) electrons. The van der Waals surface area contributed by atoms with E-state index in [9.17, 15) is 4.79 Å². The second kappa shape index (κ2) is 5.97. The van der Waals surface area contributed by atoms with Crippen molar-refractivity contribution in [3.05, 3.63) is 62.9 Å². The molecule has 106 valence electrons. The summed E-state index contributed by atoms with van der Waals surface area (Å²) in [5.74, 6) is -0.164. The molecule has 3 nitrogen and oxygen atoms in total. The van der Waals surface area contributed by atoms with Crippen molar-refractivity contribution >= 4 is 52.3 Å². The maximum Gasteiger partial charge on any atom is 0.274 e. The van der Waals surface area contributed by atoms with E-state index in [2.05, 4.69) is 5.32 Å². The third-order valence-electron chi connectivity index (χ3n) is 3.07. The van der Waals surface area contributed by atoms with Crippen LogP contribution in [-0.2, 0) is 11.3 Å². The van der Waals surface area contributed by atoms with Gasteiger partial charge in [0, 0.05) is 9.90 Å². The first-order chi connectivity index (χ1) is 10.1. The van der Waals surface area contributed by atoms with Gasteiger partial charge < -0.3 is 4.90 Å². The smallest absolute Gasteiger partial charge is 0.274 e. The van der Waals surface area contributed by atoms with Gasteiger partial charge in [0.25, 0.3) is 5.91 Å². The SMILES string of the molecule is O=C1NC(=S)N(Cc2ccc(Cl)cc2)/C1=C/c1cccs1. The molecule has 1 saturated heterocycles. The van der Waals surface area contributed by atoms with Crippen LogP contribution < -0.4 is 5.32 Å². The van der Waals surface area contributed by atoms with Crippen LogP contribution in [0, 0.1) is 0 Å². The largest absolute Gasteiger partial charge is 0.309 e. The van der Waals surface area contributed by atoms with Crippen molar-refractivity contribution in [2.45, 2.75) is 6.54 Å². The van der Waals surface area contributed by atoms with E-state index in [1.807, 2.05) is 47.9 Å². The number of amides is 1. The van der Waals surface area contributed by atoms with Crippen molar-refractivity contribution in [2.24, 2.45) is 0 Å². The van der Waals surface area contributed by atoms with Crippen LogP contribution in [0.2, 0.25) is 5.02 Å². The lowest BCUT2D eigenvalue weighted by Crippen LogP contribution is -2.26. The number of hydrogen-bond acceptors (Lipinski definition) is 3. The second-order valence-corrected chi connectivity index (χ2v) is 6.32. The molecule has 0 unspecified atom stereocenters. The average Bonchev–Trinajstić information content (AvgIpc) is 3.05. The van der Waals surface area contributed by atoms with Crippen LogP contribution in [0.25, 0.3) is 6.08 Å². The summed E-state index contributed by atoms with van der Waals surface area (Å²) in [4.78, 5) is 14.9. The van der Waals surface area contributed by atoms with E-state index < -0.39 is 0 Å². The topological polar surface area (TPSA) is 32.3 Å². The van der Waals surface area contributed by atoms with Crippen LogP contribution in [0.3, 0.4) is 0 Å². The van der Waals surface area contributed by atoms with Gasteiger partial charge in [0.1, 0.15) is 5.70 Å². The lowest BCUT2D eigenvalue weighted by Gasteiger charge is -2.17. The Hall–Kier alpha value is -1.69. The Labute approximate surface area is 136 Å². The molecular weight excluding hydrogens is 324 g/mol. The zero-order chi connectivity index (χ0) is 14.8. The molecule has 2 heterocycles. The monoisotopic (exact) mass is 334 g/mol. The molecule has 0 spiro atoms. The molecule has 1 aliphatic heterocycles. The second-order valence-electron chi connectivity index (χ2n) is 4.52. The van der Waals surface area contributed by atoms with Gasteiger partial charge in [-0.3, -0.25) is 10.1 Å².